The summed E-state index contributed by atoms with van der Waals surface area (Å²) in [5.41, 5.74) is 0.451. The van der Waals surface area contributed by atoms with Crippen molar-refractivity contribution >= 4 is 0 Å². The zero-order chi connectivity index (χ0) is 18.3. The first-order valence-electron chi connectivity index (χ1n) is 10.6. The first-order chi connectivity index (χ1) is 11.9. The van der Waals surface area contributed by atoms with Gasteiger partial charge in [0.25, 0.3) is 0 Å². The van der Waals surface area contributed by atoms with Gasteiger partial charge in [0.15, 0.2) is 0 Å². The van der Waals surface area contributed by atoms with E-state index in [-0.39, 0.29) is 12.2 Å². The van der Waals surface area contributed by atoms with E-state index in [0.717, 1.165) is 38.5 Å². The van der Waals surface area contributed by atoms with E-state index in [1.54, 1.807) is 0 Å². The summed E-state index contributed by atoms with van der Waals surface area (Å²) >= 11 is 0. The summed E-state index contributed by atoms with van der Waals surface area (Å²) in [5, 5.41) is 20.8. The van der Waals surface area contributed by atoms with Gasteiger partial charge in [-0.05, 0) is 68.1 Å². The van der Waals surface area contributed by atoms with Gasteiger partial charge in [0.05, 0.1) is 12.2 Å². The van der Waals surface area contributed by atoms with Gasteiger partial charge in [-0.2, -0.15) is 0 Å². The molecule has 2 N–H and O–H groups in total. The van der Waals surface area contributed by atoms with Gasteiger partial charge in [-0.15, -0.1) is 0 Å². The molecule has 0 bridgehead atoms. The Labute approximate surface area is 155 Å². The molecule has 2 rings (SSSR count). The molecule has 0 aromatic heterocycles. The van der Waals surface area contributed by atoms with E-state index in [2.05, 4.69) is 39.0 Å². The number of aliphatic hydroxyl groups is 2. The third-order valence-electron chi connectivity index (χ3n) is 6.79. The smallest absolute Gasteiger partial charge is 0.0752 e. The average Bonchev–Trinajstić information content (AvgIpc) is 2.97. The van der Waals surface area contributed by atoms with Gasteiger partial charge in [0.1, 0.15) is 0 Å². The molecule has 2 unspecified atom stereocenters. The minimum absolute atomic E-state index is 0.149. The second kappa shape index (κ2) is 9.92. The molecule has 0 amide bonds. The number of hydrogen-bond acceptors (Lipinski definition) is 2. The maximum Gasteiger partial charge on any atom is 0.0752 e. The fourth-order valence-corrected chi connectivity index (χ4v) is 4.42. The summed E-state index contributed by atoms with van der Waals surface area (Å²) < 4.78 is 0. The number of rotatable bonds is 9. The van der Waals surface area contributed by atoms with Crippen molar-refractivity contribution in [2.24, 2.45) is 23.2 Å². The summed E-state index contributed by atoms with van der Waals surface area (Å²) in [4.78, 5) is 0. The topological polar surface area (TPSA) is 40.5 Å². The van der Waals surface area contributed by atoms with Gasteiger partial charge < -0.3 is 10.2 Å². The van der Waals surface area contributed by atoms with Crippen molar-refractivity contribution in [1.82, 2.24) is 0 Å². The summed E-state index contributed by atoms with van der Waals surface area (Å²) in [6.07, 6.45) is 19.5. The predicted molar refractivity (Wildman–Crippen MR) is 106 cm³/mol. The fourth-order valence-electron chi connectivity index (χ4n) is 4.42. The Morgan fingerprint density at radius 2 is 1.96 bits per heavy atom. The highest BCUT2D eigenvalue weighted by molar-refractivity contribution is 5.03. The molecule has 0 aromatic carbocycles. The Morgan fingerprint density at radius 1 is 1.16 bits per heavy atom. The second-order valence-corrected chi connectivity index (χ2v) is 9.16. The normalized spacial score (nSPS) is 31.7. The van der Waals surface area contributed by atoms with Crippen LogP contribution < -0.4 is 0 Å². The largest absolute Gasteiger partial charge is 0.393 e. The summed E-state index contributed by atoms with van der Waals surface area (Å²) in [6.45, 7) is 6.98. The molecule has 2 heteroatoms. The molecule has 25 heavy (non-hydrogen) atoms. The Kier molecular flexibility index (Phi) is 8.22. The van der Waals surface area contributed by atoms with E-state index in [1.165, 1.54) is 25.7 Å². The quantitative estimate of drug-likeness (QED) is 0.418. The standard InChI is InChI=1S/C23H40O2/c1-4-23(2,3)17-9-8-12-20-18(14-16-22(20)25)13-15-21(24)19-10-6-5-7-11-19/h5-6,13,15,18-22,24-25H,4,7-12,14,16-17H2,1-3H3/t18-,19?,20+,21?,22-/m0/s1. The molecule has 2 aliphatic carbocycles. The van der Waals surface area contributed by atoms with Crippen LogP contribution in [0.25, 0.3) is 0 Å². The van der Waals surface area contributed by atoms with Crippen LogP contribution in [0.15, 0.2) is 24.3 Å². The first kappa shape index (κ1) is 20.7. The highest BCUT2D eigenvalue weighted by atomic mass is 16.3. The molecule has 2 aliphatic rings. The van der Waals surface area contributed by atoms with Crippen molar-refractivity contribution in [2.75, 3.05) is 0 Å². The first-order valence-corrected chi connectivity index (χ1v) is 10.6. The van der Waals surface area contributed by atoms with E-state index in [4.69, 9.17) is 0 Å². The van der Waals surface area contributed by atoms with E-state index in [1.807, 2.05) is 6.08 Å². The Morgan fingerprint density at radius 3 is 2.64 bits per heavy atom. The molecule has 2 nitrogen and oxygen atoms in total. The van der Waals surface area contributed by atoms with Crippen LogP contribution >= 0.6 is 0 Å². The van der Waals surface area contributed by atoms with Gasteiger partial charge in [-0.25, -0.2) is 0 Å². The molecule has 0 spiro atoms. The van der Waals surface area contributed by atoms with Crippen LogP contribution in [0, 0.1) is 23.2 Å². The average molecular weight is 349 g/mol. The summed E-state index contributed by atoms with van der Waals surface area (Å²) in [7, 11) is 0. The van der Waals surface area contributed by atoms with Crippen molar-refractivity contribution in [3.05, 3.63) is 24.3 Å². The molecule has 0 heterocycles. The van der Waals surface area contributed by atoms with E-state index < -0.39 is 0 Å². The fraction of sp³-hybridized carbons (Fsp3) is 0.826. The number of unbranched alkanes of at least 4 members (excludes halogenated alkanes) is 1. The van der Waals surface area contributed by atoms with Crippen LogP contribution in [0.3, 0.4) is 0 Å². The van der Waals surface area contributed by atoms with Crippen LogP contribution in [0.4, 0.5) is 0 Å². The van der Waals surface area contributed by atoms with E-state index >= 15 is 0 Å². The lowest BCUT2D eigenvalue weighted by atomic mass is 9.82. The van der Waals surface area contributed by atoms with Crippen LogP contribution in [0.5, 0.6) is 0 Å². The molecular formula is C23H40O2. The number of aliphatic hydroxyl groups excluding tert-OH is 2. The Bertz CT molecular complexity index is 437. The third kappa shape index (κ3) is 6.57. The Balaban J connectivity index is 1.78. The summed E-state index contributed by atoms with van der Waals surface area (Å²) in [6, 6.07) is 0. The minimum Gasteiger partial charge on any atom is -0.393 e. The summed E-state index contributed by atoms with van der Waals surface area (Å²) in [5.74, 6) is 1.21. The maximum absolute atomic E-state index is 10.4. The predicted octanol–water partition coefficient (Wildman–Crippen LogP) is 5.64. The van der Waals surface area contributed by atoms with Crippen molar-refractivity contribution in [2.45, 2.75) is 97.2 Å². The zero-order valence-corrected chi connectivity index (χ0v) is 16.7. The molecule has 144 valence electrons. The lowest BCUT2D eigenvalue weighted by Gasteiger charge is -2.24. The maximum atomic E-state index is 10.4. The molecule has 0 aliphatic heterocycles. The lowest BCUT2D eigenvalue weighted by Crippen LogP contribution is -2.21. The molecule has 1 saturated carbocycles. The molecule has 0 aromatic rings. The zero-order valence-electron chi connectivity index (χ0n) is 16.7. The van der Waals surface area contributed by atoms with Crippen LogP contribution in [-0.2, 0) is 0 Å². The molecular weight excluding hydrogens is 308 g/mol. The molecule has 5 atom stereocenters. The molecule has 1 fully saturated rings. The highest BCUT2D eigenvalue weighted by Crippen LogP contribution is 2.38. The van der Waals surface area contributed by atoms with Crippen molar-refractivity contribution < 1.29 is 10.2 Å². The Hall–Kier alpha value is -0.600. The highest BCUT2D eigenvalue weighted by Gasteiger charge is 2.33. The minimum atomic E-state index is -0.325. The molecule has 0 saturated heterocycles. The van der Waals surface area contributed by atoms with Gasteiger partial charge in [0, 0.05) is 0 Å². The van der Waals surface area contributed by atoms with Crippen LogP contribution in [-0.4, -0.2) is 22.4 Å². The van der Waals surface area contributed by atoms with E-state index in [0.29, 0.717) is 23.2 Å². The molecule has 0 radical (unpaired) electrons. The van der Waals surface area contributed by atoms with Crippen LogP contribution in [0.2, 0.25) is 0 Å². The number of allylic oxidation sites excluding steroid dienone is 3. The van der Waals surface area contributed by atoms with Crippen molar-refractivity contribution in [3.63, 3.8) is 0 Å². The monoisotopic (exact) mass is 348 g/mol. The van der Waals surface area contributed by atoms with Gasteiger partial charge in [0.2, 0.25) is 0 Å². The van der Waals surface area contributed by atoms with Crippen LogP contribution in [0.1, 0.15) is 85.0 Å². The number of hydrogen-bond donors (Lipinski definition) is 2. The lowest BCUT2D eigenvalue weighted by molar-refractivity contribution is 0.115. The van der Waals surface area contributed by atoms with Gasteiger partial charge in [-0.1, -0.05) is 64.3 Å². The van der Waals surface area contributed by atoms with E-state index in [9.17, 15) is 10.2 Å². The van der Waals surface area contributed by atoms with Gasteiger partial charge in [-0.3, -0.25) is 0 Å². The van der Waals surface area contributed by atoms with Gasteiger partial charge >= 0.3 is 0 Å². The van der Waals surface area contributed by atoms with Crippen molar-refractivity contribution in [3.8, 4) is 0 Å². The third-order valence-corrected chi connectivity index (χ3v) is 6.79. The van der Waals surface area contributed by atoms with Crippen molar-refractivity contribution in [1.29, 1.82) is 0 Å². The second-order valence-electron chi connectivity index (χ2n) is 9.16. The SMILES string of the molecule is CCC(C)(C)CCCC[C@H]1[C@@H](O)CC[C@@H]1C=CC(O)C1CC=CCC1.